The minimum atomic E-state index is -0.375. The molecule has 7 nitrogen and oxygen atoms in total. The van der Waals surface area contributed by atoms with E-state index >= 15 is 0 Å². The third-order valence-electron chi connectivity index (χ3n) is 3.19. The van der Waals surface area contributed by atoms with Crippen LogP contribution in [-0.4, -0.2) is 45.5 Å². The van der Waals surface area contributed by atoms with Crippen molar-refractivity contribution in [1.29, 1.82) is 0 Å². The van der Waals surface area contributed by atoms with E-state index in [0.29, 0.717) is 17.9 Å². The Labute approximate surface area is 137 Å². The predicted octanol–water partition coefficient (Wildman–Crippen LogP) is 0.733. The summed E-state index contributed by atoms with van der Waals surface area (Å²) in [5, 5.41) is 16.1. The summed E-state index contributed by atoms with van der Waals surface area (Å²) in [5.74, 6) is 0.987. The lowest BCUT2D eigenvalue weighted by molar-refractivity contribution is -0.122. The van der Waals surface area contributed by atoms with Gasteiger partial charge in [-0.1, -0.05) is 0 Å². The molecule has 0 fully saturated rings. The number of hydrogen-bond acceptors (Lipinski definition) is 6. The van der Waals surface area contributed by atoms with Gasteiger partial charge in [-0.3, -0.25) is 9.59 Å². The fraction of sp³-hybridized carbons (Fsp3) is 0.400. The highest BCUT2D eigenvalue weighted by atomic mass is 32.2. The van der Waals surface area contributed by atoms with Crippen molar-refractivity contribution in [2.24, 2.45) is 0 Å². The summed E-state index contributed by atoms with van der Waals surface area (Å²) in [4.78, 5) is 23.9. The van der Waals surface area contributed by atoms with Crippen LogP contribution in [0.4, 0.5) is 0 Å². The molecule has 0 aliphatic heterocycles. The van der Waals surface area contributed by atoms with Crippen molar-refractivity contribution in [3.8, 4) is 11.5 Å². The lowest BCUT2D eigenvalue weighted by atomic mass is 10.2. The number of aromatic nitrogens is 2. The summed E-state index contributed by atoms with van der Waals surface area (Å²) in [7, 11) is 0. The van der Waals surface area contributed by atoms with E-state index in [-0.39, 0.29) is 30.7 Å². The largest absolute Gasteiger partial charge is 0.463 e. The Kier molecular flexibility index (Phi) is 6.42. The van der Waals surface area contributed by atoms with E-state index in [4.69, 9.17) is 4.42 Å². The van der Waals surface area contributed by atoms with Gasteiger partial charge in [0, 0.05) is 6.07 Å². The summed E-state index contributed by atoms with van der Waals surface area (Å²) in [6.07, 6.45) is 4.13. The molecule has 2 heterocycles. The van der Waals surface area contributed by atoms with Crippen LogP contribution in [0.2, 0.25) is 0 Å². The maximum absolute atomic E-state index is 12.0. The van der Waals surface area contributed by atoms with Gasteiger partial charge in [0.05, 0.1) is 18.9 Å². The highest BCUT2D eigenvalue weighted by Crippen LogP contribution is 2.14. The van der Waals surface area contributed by atoms with E-state index < -0.39 is 0 Å². The average Bonchev–Trinajstić information content (AvgIpc) is 3.08. The quantitative estimate of drug-likeness (QED) is 0.737. The maximum atomic E-state index is 12.0. The van der Waals surface area contributed by atoms with E-state index in [1.165, 1.54) is 12.3 Å². The molecule has 0 radical (unpaired) electrons. The smallest absolute Gasteiger partial charge is 0.267 e. The van der Waals surface area contributed by atoms with Crippen LogP contribution in [0.3, 0.4) is 0 Å². The van der Waals surface area contributed by atoms with Crippen LogP contribution in [0.15, 0.2) is 39.7 Å². The molecule has 0 aromatic carbocycles. The number of hydrogen-bond donors (Lipinski definition) is 2. The first kappa shape index (κ1) is 17.3. The summed E-state index contributed by atoms with van der Waals surface area (Å²) < 4.78 is 6.31. The van der Waals surface area contributed by atoms with Gasteiger partial charge in [-0.2, -0.15) is 16.9 Å². The summed E-state index contributed by atoms with van der Waals surface area (Å²) in [6, 6.07) is 6.01. The van der Waals surface area contributed by atoms with Crippen molar-refractivity contribution in [3.05, 3.63) is 40.9 Å². The zero-order valence-corrected chi connectivity index (χ0v) is 13.6. The Bertz CT molecular complexity index is 684. The monoisotopic (exact) mass is 337 g/mol. The molecule has 8 heteroatoms. The lowest BCUT2D eigenvalue weighted by Gasteiger charge is -2.16. The average molecular weight is 337 g/mol. The molecule has 1 amide bonds. The third kappa shape index (κ3) is 4.97. The van der Waals surface area contributed by atoms with Crippen LogP contribution in [0.25, 0.3) is 11.5 Å². The van der Waals surface area contributed by atoms with Crippen LogP contribution < -0.4 is 10.9 Å². The van der Waals surface area contributed by atoms with Crippen molar-refractivity contribution < 1.29 is 14.3 Å². The molecule has 0 saturated carbocycles. The van der Waals surface area contributed by atoms with Crippen LogP contribution >= 0.6 is 11.8 Å². The molecule has 2 rings (SSSR count). The molecule has 2 N–H and O–H groups in total. The number of aliphatic hydroxyl groups excluding tert-OH is 1. The van der Waals surface area contributed by atoms with Crippen molar-refractivity contribution >= 4 is 17.7 Å². The number of carbonyl (C=O) groups excluding carboxylic acids is 1. The standard InChI is InChI=1S/C15H19N3O4S/c1-23-8-6-11(10-19)16-14(20)9-18-15(21)5-4-12(17-18)13-3-2-7-22-13/h2-5,7,11,19H,6,8-10H2,1H3,(H,16,20)/t11-/m0/s1. The second-order valence-electron chi connectivity index (χ2n) is 4.92. The van der Waals surface area contributed by atoms with E-state index in [0.717, 1.165) is 10.4 Å². The molecule has 0 unspecified atom stereocenters. The van der Waals surface area contributed by atoms with Crippen LogP contribution in [0.1, 0.15) is 6.42 Å². The zero-order valence-electron chi connectivity index (χ0n) is 12.8. The first-order chi connectivity index (χ1) is 11.1. The Morgan fingerprint density at radius 2 is 2.30 bits per heavy atom. The van der Waals surface area contributed by atoms with Crippen molar-refractivity contribution in [2.45, 2.75) is 19.0 Å². The molecule has 124 valence electrons. The van der Waals surface area contributed by atoms with Crippen molar-refractivity contribution in [1.82, 2.24) is 15.1 Å². The SMILES string of the molecule is CSCC[C@@H](CO)NC(=O)Cn1nc(-c2ccco2)ccc1=O. The summed E-state index contributed by atoms with van der Waals surface area (Å²) >= 11 is 1.64. The molecule has 0 spiro atoms. The van der Waals surface area contributed by atoms with Gasteiger partial charge in [-0.25, -0.2) is 4.68 Å². The highest BCUT2D eigenvalue weighted by Gasteiger charge is 2.13. The first-order valence-electron chi connectivity index (χ1n) is 7.15. The Morgan fingerprint density at radius 1 is 1.48 bits per heavy atom. The fourth-order valence-corrected chi connectivity index (χ4v) is 2.52. The molecule has 0 saturated heterocycles. The second kappa shape index (κ2) is 8.54. The van der Waals surface area contributed by atoms with Gasteiger partial charge in [-0.05, 0) is 36.6 Å². The Balaban J connectivity index is 2.05. The van der Waals surface area contributed by atoms with Gasteiger partial charge in [0.25, 0.3) is 5.56 Å². The molecule has 0 bridgehead atoms. The normalized spacial score (nSPS) is 12.1. The number of furan rings is 1. The predicted molar refractivity (Wildman–Crippen MR) is 88.2 cm³/mol. The lowest BCUT2D eigenvalue weighted by Crippen LogP contribution is -2.41. The van der Waals surface area contributed by atoms with E-state index in [1.54, 1.807) is 30.0 Å². The molecule has 2 aromatic rings. The number of thioether (sulfide) groups is 1. The van der Waals surface area contributed by atoms with E-state index in [2.05, 4.69) is 10.4 Å². The number of carbonyl (C=O) groups is 1. The number of nitrogens with zero attached hydrogens (tertiary/aromatic N) is 2. The van der Waals surface area contributed by atoms with Crippen LogP contribution in [0, 0.1) is 0 Å². The molecule has 23 heavy (non-hydrogen) atoms. The third-order valence-corrected chi connectivity index (χ3v) is 3.83. The second-order valence-corrected chi connectivity index (χ2v) is 5.91. The van der Waals surface area contributed by atoms with Gasteiger partial charge in [-0.15, -0.1) is 0 Å². The molecular weight excluding hydrogens is 318 g/mol. The van der Waals surface area contributed by atoms with Gasteiger partial charge in [0.15, 0.2) is 5.76 Å². The fourth-order valence-electron chi connectivity index (χ4n) is 2.00. The molecule has 2 aromatic heterocycles. The van der Waals surface area contributed by atoms with Gasteiger partial charge in [0.1, 0.15) is 12.2 Å². The maximum Gasteiger partial charge on any atom is 0.267 e. The Morgan fingerprint density at radius 3 is 2.96 bits per heavy atom. The molecule has 0 aliphatic carbocycles. The number of rotatable bonds is 8. The van der Waals surface area contributed by atoms with Crippen molar-refractivity contribution in [3.63, 3.8) is 0 Å². The van der Waals surface area contributed by atoms with E-state index in [1.807, 2.05) is 6.26 Å². The molecular formula is C15H19N3O4S. The topological polar surface area (TPSA) is 97.4 Å². The highest BCUT2D eigenvalue weighted by molar-refractivity contribution is 7.98. The summed E-state index contributed by atoms with van der Waals surface area (Å²) in [5.41, 5.74) is 0.101. The minimum Gasteiger partial charge on any atom is -0.463 e. The number of nitrogens with one attached hydrogen (secondary N) is 1. The molecule has 1 atom stereocenters. The minimum absolute atomic E-state index is 0.138. The number of amides is 1. The van der Waals surface area contributed by atoms with Crippen molar-refractivity contribution in [2.75, 3.05) is 18.6 Å². The van der Waals surface area contributed by atoms with E-state index in [9.17, 15) is 14.7 Å². The van der Waals surface area contributed by atoms with Gasteiger partial charge >= 0.3 is 0 Å². The zero-order chi connectivity index (χ0) is 16.7. The van der Waals surface area contributed by atoms with Crippen LogP contribution in [-0.2, 0) is 11.3 Å². The van der Waals surface area contributed by atoms with Gasteiger partial charge in [0.2, 0.25) is 5.91 Å². The summed E-state index contributed by atoms with van der Waals surface area (Å²) in [6.45, 7) is -0.343. The molecule has 0 aliphatic rings. The first-order valence-corrected chi connectivity index (χ1v) is 8.54. The van der Waals surface area contributed by atoms with Gasteiger partial charge < -0.3 is 14.8 Å². The number of aliphatic hydroxyl groups is 1. The Hall–Kier alpha value is -2.06. The van der Waals surface area contributed by atoms with Crippen LogP contribution in [0.5, 0.6) is 0 Å².